The van der Waals surface area contributed by atoms with E-state index < -0.39 is 22.0 Å². The van der Waals surface area contributed by atoms with Crippen LogP contribution < -0.4 is 4.31 Å². The van der Waals surface area contributed by atoms with Crippen molar-refractivity contribution in [2.75, 3.05) is 4.31 Å². The highest BCUT2D eigenvalue weighted by Crippen LogP contribution is 2.45. The van der Waals surface area contributed by atoms with Gasteiger partial charge in [-0.15, -0.1) is 17.9 Å². The van der Waals surface area contributed by atoms with Gasteiger partial charge in [-0.1, -0.05) is 48.0 Å². The number of fused-ring (bicyclic) bond motifs is 1. The molecule has 0 bridgehead atoms. The van der Waals surface area contributed by atoms with E-state index in [9.17, 15) is 13.2 Å². The zero-order chi connectivity index (χ0) is 19.9. The lowest BCUT2D eigenvalue weighted by Crippen LogP contribution is -2.44. The third-order valence-electron chi connectivity index (χ3n) is 4.99. The molecule has 2 atom stereocenters. The molecule has 3 aromatic rings. The van der Waals surface area contributed by atoms with Crippen molar-refractivity contribution in [3.63, 3.8) is 0 Å². The largest absolute Gasteiger partial charge is 0.291 e. The third-order valence-corrected chi connectivity index (χ3v) is 7.68. The predicted molar refractivity (Wildman–Crippen MR) is 113 cm³/mol. The molecule has 0 radical (unpaired) electrons. The number of carbonyl (C=O) groups excluding carboxylic acids is 1. The Balaban J connectivity index is 1.91. The smallest absolute Gasteiger partial charge is 0.265 e. The molecule has 1 aliphatic heterocycles. The van der Waals surface area contributed by atoms with Crippen molar-refractivity contribution in [3.05, 3.63) is 94.7 Å². The number of Topliss-reactive ketones (excluding diaryl/α,β-unsaturated/α-hetero) is 1. The van der Waals surface area contributed by atoms with Crippen molar-refractivity contribution in [1.82, 2.24) is 0 Å². The van der Waals surface area contributed by atoms with Gasteiger partial charge in [0.15, 0.2) is 5.78 Å². The van der Waals surface area contributed by atoms with E-state index in [4.69, 9.17) is 0 Å². The number of anilines is 1. The molecule has 2 unspecified atom stereocenters. The Morgan fingerprint density at radius 3 is 2.43 bits per heavy atom. The fourth-order valence-corrected chi connectivity index (χ4v) is 5.98. The van der Waals surface area contributed by atoms with Crippen LogP contribution in [-0.2, 0) is 10.0 Å². The Morgan fingerprint density at radius 1 is 1.07 bits per heavy atom. The van der Waals surface area contributed by atoms with Gasteiger partial charge in [-0.05, 0) is 42.1 Å². The van der Waals surface area contributed by atoms with Crippen molar-refractivity contribution in [2.24, 2.45) is 0 Å². The van der Waals surface area contributed by atoms with Crippen molar-refractivity contribution in [2.45, 2.75) is 23.8 Å². The first-order valence-electron chi connectivity index (χ1n) is 8.85. The topological polar surface area (TPSA) is 54.5 Å². The molecule has 0 saturated carbocycles. The quantitative estimate of drug-likeness (QED) is 0.450. The van der Waals surface area contributed by atoms with Crippen molar-refractivity contribution < 1.29 is 13.2 Å². The van der Waals surface area contributed by atoms with Crippen LogP contribution in [0.3, 0.4) is 0 Å². The highest BCUT2D eigenvalue weighted by molar-refractivity contribution is 7.93. The number of ketones is 1. The van der Waals surface area contributed by atoms with Crippen LogP contribution in [-0.4, -0.2) is 20.2 Å². The van der Waals surface area contributed by atoms with Crippen LogP contribution in [0.1, 0.15) is 26.7 Å². The molecule has 4 rings (SSSR count). The van der Waals surface area contributed by atoms with Crippen LogP contribution in [0.2, 0.25) is 0 Å². The first-order valence-corrected chi connectivity index (χ1v) is 11.2. The summed E-state index contributed by atoms with van der Waals surface area (Å²) in [6.07, 6.45) is 1.67. The van der Waals surface area contributed by atoms with Gasteiger partial charge in [-0.3, -0.25) is 9.10 Å². The molecular formula is C22H19NO3S2. The number of para-hydroxylation sites is 1. The van der Waals surface area contributed by atoms with E-state index in [1.807, 2.05) is 24.4 Å². The predicted octanol–water partition coefficient (Wildman–Crippen LogP) is 4.79. The number of thiophene rings is 1. The van der Waals surface area contributed by atoms with E-state index in [-0.39, 0.29) is 10.7 Å². The zero-order valence-corrected chi connectivity index (χ0v) is 16.9. The Labute approximate surface area is 168 Å². The van der Waals surface area contributed by atoms with Gasteiger partial charge in [-0.25, -0.2) is 8.42 Å². The Bertz CT molecular complexity index is 1130. The first kappa shape index (κ1) is 18.7. The molecule has 0 N–H and O–H groups in total. The van der Waals surface area contributed by atoms with E-state index in [0.29, 0.717) is 10.6 Å². The summed E-state index contributed by atoms with van der Waals surface area (Å²) in [4.78, 5) is 14.0. The molecule has 0 fully saturated rings. The number of benzene rings is 2. The number of rotatable bonds is 5. The van der Waals surface area contributed by atoms with Gasteiger partial charge in [-0.2, -0.15) is 0 Å². The maximum Gasteiger partial charge on any atom is 0.265 e. The van der Waals surface area contributed by atoms with Gasteiger partial charge in [0, 0.05) is 5.92 Å². The molecule has 28 heavy (non-hydrogen) atoms. The summed E-state index contributed by atoms with van der Waals surface area (Å²) >= 11 is 1.31. The Kier molecular flexibility index (Phi) is 4.69. The number of sulfonamides is 1. The van der Waals surface area contributed by atoms with Crippen molar-refractivity contribution in [1.29, 1.82) is 0 Å². The average Bonchev–Trinajstić information content (AvgIpc) is 3.34. The molecule has 1 aliphatic rings. The van der Waals surface area contributed by atoms with Crippen LogP contribution in [0.5, 0.6) is 0 Å². The molecule has 6 heteroatoms. The fraction of sp³-hybridized carbons (Fsp3) is 0.136. The van der Waals surface area contributed by atoms with Gasteiger partial charge >= 0.3 is 0 Å². The minimum atomic E-state index is -3.93. The lowest BCUT2D eigenvalue weighted by atomic mass is 9.92. The van der Waals surface area contributed by atoms with Crippen molar-refractivity contribution in [3.8, 4) is 0 Å². The van der Waals surface area contributed by atoms with Crippen LogP contribution in [0.25, 0.3) is 0 Å². The maximum absolute atomic E-state index is 13.6. The monoisotopic (exact) mass is 409 g/mol. The second-order valence-corrected chi connectivity index (χ2v) is 9.48. The number of nitrogens with zero attached hydrogens (tertiary/aromatic N) is 1. The standard InChI is InChI=1S/C22H19NO3S2/c1-3-17-18-7-4-5-8-19(18)23(21(17)22(24)20-9-6-14-27-20)28(25,26)16-12-10-15(2)11-13-16/h3-14,17,21H,1H2,2H3. The number of carbonyl (C=O) groups is 1. The Morgan fingerprint density at radius 2 is 1.79 bits per heavy atom. The average molecular weight is 410 g/mol. The molecule has 0 saturated heterocycles. The van der Waals surface area contributed by atoms with Crippen LogP contribution >= 0.6 is 11.3 Å². The van der Waals surface area contributed by atoms with Gasteiger partial charge in [0.25, 0.3) is 10.0 Å². The van der Waals surface area contributed by atoms with E-state index in [0.717, 1.165) is 11.1 Å². The molecular weight excluding hydrogens is 390 g/mol. The van der Waals surface area contributed by atoms with Gasteiger partial charge in [0.1, 0.15) is 6.04 Å². The summed E-state index contributed by atoms with van der Waals surface area (Å²) in [5.74, 6) is -0.627. The minimum Gasteiger partial charge on any atom is -0.291 e. The SMILES string of the molecule is C=CC1c2ccccc2N(S(=O)(=O)c2ccc(C)cc2)C1C(=O)c1cccs1. The minimum absolute atomic E-state index is 0.168. The van der Waals surface area contributed by atoms with E-state index in [1.165, 1.54) is 15.6 Å². The van der Waals surface area contributed by atoms with Crippen molar-refractivity contribution >= 4 is 32.8 Å². The Hall–Kier alpha value is -2.70. The highest BCUT2D eigenvalue weighted by atomic mass is 32.2. The summed E-state index contributed by atoms with van der Waals surface area (Å²) in [5, 5.41) is 1.82. The van der Waals surface area contributed by atoms with Crippen LogP contribution in [0.15, 0.2) is 83.6 Å². The second kappa shape index (κ2) is 7.04. The molecule has 0 aliphatic carbocycles. The highest BCUT2D eigenvalue weighted by Gasteiger charge is 2.47. The molecule has 2 heterocycles. The summed E-state index contributed by atoms with van der Waals surface area (Å²) in [6, 6.07) is 16.6. The molecule has 0 amide bonds. The fourth-order valence-electron chi connectivity index (χ4n) is 3.63. The van der Waals surface area contributed by atoms with E-state index in [2.05, 4.69) is 6.58 Å². The van der Waals surface area contributed by atoms with E-state index >= 15 is 0 Å². The van der Waals surface area contributed by atoms with Gasteiger partial charge in [0.05, 0.1) is 15.5 Å². The molecule has 142 valence electrons. The van der Waals surface area contributed by atoms with Gasteiger partial charge in [0.2, 0.25) is 0 Å². The zero-order valence-electron chi connectivity index (χ0n) is 15.3. The van der Waals surface area contributed by atoms with Gasteiger partial charge < -0.3 is 0 Å². The van der Waals surface area contributed by atoms with Crippen LogP contribution in [0, 0.1) is 6.92 Å². The number of hydrogen-bond donors (Lipinski definition) is 0. The van der Waals surface area contributed by atoms with E-state index in [1.54, 1.807) is 54.6 Å². The summed E-state index contributed by atoms with van der Waals surface area (Å²) < 4.78 is 28.5. The second-order valence-electron chi connectivity index (χ2n) is 6.72. The first-order chi connectivity index (χ1) is 13.4. The lowest BCUT2D eigenvalue weighted by molar-refractivity contribution is 0.0965. The summed E-state index contributed by atoms with van der Waals surface area (Å²) in [5.41, 5.74) is 2.29. The molecule has 4 nitrogen and oxygen atoms in total. The summed E-state index contributed by atoms with van der Waals surface area (Å²) in [6.45, 7) is 5.79. The normalized spacial score (nSPS) is 18.7. The third kappa shape index (κ3) is 2.89. The molecule has 2 aromatic carbocycles. The summed E-state index contributed by atoms with van der Waals surface area (Å²) in [7, 11) is -3.93. The number of hydrogen-bond acceptors (Lipinski definition) is 4. The number of aryl methyl sites for hydroxylation is 1. The molecule has 1 aromatic heterocycles. The maximum atomic E-state index is 13.6. The lowest BCUT2D eigenvalue weighted by Gasteiger charge is -2.27. The molecule has 0 spiro atoms. The van der Waals surface area contributed by atoms with Crippen LogP contribution in [0.4, 0.5) is 5.69 Å².